The van der Waals surface area contributed by atoms with Gasteiger partial charge in [-0.05, 0) is 92.3 Å². The molecule has 2 heterocycles. The molecule has 2 N–H and O–H groups in total. The van der Waals surface area contributed by atoms with E-state index in [1.165, 1.54) is 37.1 Å². The maximum absolute atomic E-state index is 12.9. The number of fused-ring (bicyclic) bond motifs is 3. The average Bonchev–Trinajstić information content (AvgIpc) is 3.57. The van der Waals surface area contributed by atoms with Crippen LogP contribution in [0.1, 0.15) is 47.4 Å². The van der Waals surface area contributed by atoms with Crippen molar-refractivity contribution in [3.8, 4) is 22.8 Å². The normalized spacial score (nSPS) is 15.8. The van der Waals surface area contributed by atoms with E-state index in [0.717, 1.165) is 54.0 Å². The molecule has 1 fully saturated rings. The van der Waals surface area contributed by atoms with Crippen LogP contribution in [0.15, 0.2) is 72.9 Å². The molecule has 3 aromatic carbocycles. The molecule has 1 unspecified atom stereocenters. The smallest absolute Gasteiger partial charge is 0.228 e. The molecule has 0 bridgehead atoms. The highest BCUT2D eigenvalue weighted by atomic mass is 16.5. The Hall–Kier alpha value is -4.43. The molecule has 1 saturated heterocycles. The minimum Gasteiger partial charge on any atom is -0.497 e. The highest BCUT2D eigenvalue weighted by Gasteiger charge is 2.27. The van der Waals surface area contributed by atoms with Crippen molar-refractivity contribution < 1.29 is 14.3 Å². The first-order valence-corrected chi connectivity index (χ1v) is 15.1. The summed E-state index contributed by atoms with van der Waals surface area (Å²) in [7, 11) is 3.21. The van der Waals surface area contributed by atoms with Crippen molar-refractivity contribution in [2.24, 2.45) is 0 Å². The summed E-state index contributed by atoms with van der Waals surface area (Å²) in [4.78, 5) is 25.0. The molecule has 1 atom stereocenters. The molecule has 2 aliphatic rings. The highest BCUT2D eigenvalue weighted by molar-refractivity contribution is 5.92. The zero-order valence-electron chi connectivity index (χ0n) is 24.9. The average molecular weight is 578 g/mol. The molecule has 0 saturated carbocycles. The van der Waals surface area contributed by atoms with Crippen molar-refractivity contribution >= 4 is 17.5 Å². The Bertz CT molecular complexity index is 1570. The number of methoxy groups -OCH3 is 2. The van der Waals surface area contributed by atoms with Crippen molar-refractivity contribution in [2.45, 2.75) is 38.0 Å². The van der Waals surface area contributed by atoms with E-state index in [1.807, 2.05) is 36.5 Å². The Morgan fingerprint density at radius 1 is 1.00 bits per heavy atom. The Morgan fingerprint density at radius 2 is 1.81 bits per heavy atom. The largest absolute Gasteiger partial charge is 0.497 e. The third-order valence-corrected chi connectivity index (χ3v) is 8.45. The quantitative estimate of drug-likeness (QED) is 0.214. The zero-order valence-corrected chi connectivity index (χ0v) is 24.9. The lowest BCUT2D eigenvalue weighted by molar-refractivity contribution is -0.115. The molecule has 1 amide bonds. The summed E-state index contributed by atoms with van der Waals surface area (Å²) < 4.78 is 10.7. The van der Waals surface area contributed by atoms with Crippen molar-refractivity contribution in [2.75, 3.05) is 51.0 Å². The fourth-order valence-corrected chi connectivity index (χ4v) is 6.22. The van der Waals surface area contributed by atoms with Gasteiger partial charge in [0.25, 0.3) is 0 Å². The number of carbonyl (C=O) groups is 1. The molecule has 8 nitrogen and oxygen atoms in total. The van der Waals surface area contributed by atoms with Gasteiger partial charge < -0.3 is 25.0 Å². The van der Waals surface area contributed by atoms with Crippen LogP contribution in [0.5, 0.6) is 11.5 Å². The van der Waals surface area contributed by atoms with Crippen LogP contribution in [0.3, 0.4) is 0 Å². The van der Waals surface area contributed by atoms with Crippen LogP contribution in [0.25, 0.3) is 11.3 Å². The fraction of sp³-hybridized carbons (Fsp3) is 0.343. The molecule has 1 aliphatic heterocycles. The Labute approximate surface area is 253 Å². The molecule has 1 aromatic heterocycles. The number of carbonyl (C=O) groups excluding carboxylic acids is 1. The van der Waals surface area contributed by atoms with Gasteiger partial charge in [-0.15, -0.1) is 0 Å². The first kappa shape index (κ1) is 28.7. The molecule has 0 radical (unpaired) electrons. The topological polar surface area (TPSA) is 88.6 Å². The zero-order chi connectivity index (χ0) is 29.6. The van der Waals surface area contributed by atoms with E-state index >= 15 is 0 Å². The van der Waals surface area contributed by atoms with E-state index in [9.17, 15) is 4.79 Å². The summed E-state index contributed by atoms with van der Waals surface area (Å²) >= 11 is 0. The molecule has 8 heteroatoms. The summed E-state index contributed by atoms with van der Waals surface area (Å²) in [6.45, 7) is 4.45. The summed E-state index contributed by atoms with van der Waals surface area (Å²) in [6, 6.07) is 22.1. The van der Waals surface area contributed by atoms with E-state index in [1.54, 1.807) is 14.2 Å². The lowest BCUT2D eigenvalue weighted by atomic mass is 9.78. The molecule has 6 rings (SSSR count). The summed E-state index contributed by atoms with van der Waals surface area (Å²) in [6.07, 6.45) is 6.72. The van der Waals surface area contributed by atoms with Gasteiger partial charge in [0, 0.05) is 35.5 Å². The van der Waals surface area contributed by atoms with E-state index in [4.69, 9.17) is 14.5 Å². The standard InChI is InChI=1S/C35H39N5O3/c1-42-28-14-15-32(43-2)25(20-28)22-33(41)38-27-12-10-24(11-13-27)31-21-26-23-37-35(36-16-7-19-40-17-5-6-18-40)39-34(26)30-9-4-3-8-29(30)31/h3-4,8-15,20,23,31H,5-7,16-19,21-22H2,1-2H3,(H,38,41)(H,36,37,39). The molecule has 4 aromatic rings. The van der Waals surface area contributed by atoms with Gasteiger partial charge in [-0.3, -0.25) is 4.79 Å². The maximum atomic E-state index is 12.9. The van der Waals surface area contributed by atoms with Gasteiger partial charge in [-0.25, -0.2) is 9.97 Å². The Kier molecular flexibility index (Phi) is 8.84. The summed E-state index contributed by atoms with van der Waals surface area (Å²) in [5, 5.41) is 6.47. The van der Waals surface area contributed by atoms with Crippen LogP contribution in [0.2, 0.25) is 0 Å². The molecular weight excluding hydrogens is 538 g/mol. The lowest BCUT2D eigenvalue weighted by Gasteiger charge is -2.27. The number of hydrogen-bond donors (Lipinski definition) is 2. The second kappa shape index (κ2) is 13.3. The molecule has 222 valence electrons. The second-order valence-corrected chi connectivity index (χ2v) is 11.3. The predicted molar refractivity (Wildman–Crippen MR) is 170 cm³/mol. The van der Waals surface area contributed by atoms with Crippen LogP contribution in [-0.4, -0.2) is 61.2 Å². The molecular formula is C35H39N5O3. The number of benzene rings is 3. The number of likely N-dealkylation sites (tertiary alicyclic amines) is 1. The molecule has 1 aliphatic carbocycles. The number of nitrogens with one attached hydrogen (secondary N) is 2. The van der Waals surface area contributed by atoms with Gasteiger partial charge in [0.1, 0.15) is 11.5 Å². The summed E-state index contributed by atoms with van der Waals surface area (Å²) in [5.41, 5.74) is 7.29. The predicted octanol–water partition coefficient (Wildman–Crippen LogP) is 5.93. The van der Waals surface area contributed by atoms with Gasteiger partial charge in [-0.1, -0.05) is 36.4 Å². The number of hydrogen-bond acceptors (Lipinski definition) is 7. The number of ether oxygens (including phenoxy) is 2. The molecule has 43 heavy (non-hydrogen) atoms. The highest BCUT2D eigenvalue weighted by Crippen LogP contribution is 2.42. The minimum atomic E-state index is -0.117. The first-order valence-electron chi connectivity index (χ1n) is 15.1. The van der Waals surface area contributed by atoms with Gasteiger partial charge >= 0.3 is 0 Å². The second-order valence-electron chi connectivity index (χ2n) is 11.3. The van der Waals surface area contributed by atoms with Crippen LogP contribution in [0, 0.1) is 0 Å². The van der Waals surface area contributed by atoms with Gasteiger partial charge in [0.2, 0.25) is 11.9 Å². The van der Waals surface area contributed by atoms with E-state index in [0.29, 0.717) is 17.4 Å². The Morgan fingerprint density at radius 3 is 2.60 bits per heavy atom. The van der Waals surface area contributed by atoms with Crippen LogP contribution in [-0.2, 0) is 17.6 Å². The molecule has 0 spiro atoms. The van der Waals surface area contributed by atoms with Gasteiger partial charge in [0.05, 0.1) is 26.3 Å². The fourth-order valence-electron chi connectivity index (χ4n) is 6.22. The van der Waals surface area contributed by atoms with Gasteiger partial charge in [0.15, 0.2) is 0 Å². The van der Waals surface area contributed by atoms with Crippen molar-refractivity contribution in [1.29, 1.82) is 0 Å². The number of nitrogens with zero attached hydrogens (tertiary/aromatic N) is 3. The lowest BCUT2D eigenvalue weighted by Crippen LogP contribution is -2.22. The summed E-state index contributed by atoms with van der Waals surface area (Å²) in [5.74, 6) is 2.10. The number of rotatable bonds is 11. The third kappa shape index (κ3) is 6.65. The van der Waals surface area contributed by atoms with Crippen molar-refractivity contribution in [1.82, 2.24) is 14.9 Å². The van der Waals surface area contributed by atoms with Crippen molar-refractivity contribution in [3.05, 3.63) is 95.2 Å². The minimum absolute atomic E-state index is 0.117. The van der Waals surface area contributed by atoms with E-state index < -0.39 is 0 Å². The first-order chi connectivity index (χ1) is 21.1. The van der Waals surface area contributed by atoms with Crippen molar-refractivity contribution in [3.63, 3.8) is 0 Å². The van der Waals surface area contributed by atoms with Gasteiger partial charge in [-0.2, -0.15) is 0 Å². The van der Waals surface area contributed by atoms with E-state index in [2.05, 4.69) is 56.9 Å². The number of anilines is 2. The van der Waals surface area contributed by atoms with Crippen LogP contribution in [0.4, 0.5) is 11.6 Å². The van der Waals surface area contributed by atoms with Crippen LogP contribution >= 0.6 is 0 Å². The Balaban J connectivity index is 1.12. The third-order valence-electron chi connectivity index (χ3n) is 8.45. The maximum Gasteiger partial charge on any atom is 0.228 e. The SMILES string of the molecule is COc1ccc(OC)c(CC(=O)Nc2ccc(C3Cc4cnc(NCCCN5CCCC5)nc4-c4ccccc43)cc2)c1. The van der Waals surface area contributed by atoms with E-state index in [-0.39, 0.29) is 18.2 Å². The van der Waals surface area contributed by atoms with Crippen LogP contribution < -0.4 is 20.1 Å². The number of amides is 1. The monoisotopic (exact) mass is 577 g/mol. The number of aromatic nitrogens is 2.